The SMILES string of the molecule is Cl.OC1CCNCC(F)C1. The molecule has 10 heavy (non-hydrogen) atoms. The van der Waals surface area contributed by atoms with Crippen LogP contribution in [0.25, 0.3) is 0 Å². The predicted octanol–water partition coefficient (Wildman–Crippen LogP) is 0.491. The minimum absolute atomic E-state index is 0. The summed E-state index contributed by atoms with van der Waals surface area (Å²) in [5.74, 6) is 0. The van der Waals surface area contributed by atoms with Crippen molar-refractivity contribution in [2.75, 3.05) is 13.1 Å². The molecule has 2 N–H and O–H groups in total. The first-order valence-corrected chi connectivity index (χ1v) is 3.32. The molecular formula is C6H13ClFNO. The third kappa shape index (κ3) is 3.34. The first-order chi connectivity index (χ1) is 4.29. The molecule has 0 radical (unpaired) electrons. The van der Waals surface area contributed by atoms with Crippen molar-refractivity contribution >= 4 is 12.4 Å². The Kier molecular flexibility index (Phi) is 4.95. The maximum absolute atomic E-state index is 12.5. The molecule has 0 spiro atoms. The van der Waals surface area contributed by atoms with Gasteiger partial charge in [0, 0.05) is 13.0 Å². The average molecular weight is 170 g/mol. The maximum atomic E-state index is 12.5. The van der Waals surface area contributed by atoms with Crippen molar-refractivity contribution in [1.82, 2.24) is 5.32 Å². The molecule has 1 fully saturated rings. The number of aliphatic hydroxyl groups excluding tert-OH is 1. The van der Waals surface area contributed by atoms with Crippen molar-refractivity contribution in [2.24, 2.45) is 0 Å². The largest absolute Gasteiger partial charge is 0.393 e. The fourth-order valence-electron chi connectivity index (χ4n) is 1.02. The average Bonchev–Trinajstić information content (AvgIpc) is 1.93. The summed E-state index contributed by atoms with van der Waals surface area (Å²) in [4.78, 5) is 0. The highest BCUT2D eigenvalue weighted by Gasteiger charge is 2.16. The van der Waals surface area contributed by atoms with Crippen molar-refractivity contribution in [3.05, 3.63) is 0 Å². The zero-order valence-corrected chi connectivity index (χ0v) is 6.53. The first kappa shape index (κ1) is 10.1. The lowest BCUT2D eigenvalue weighted by Gasteiger charge is -2.05. The van der Waals surface area contributed by atoms with Crippen LogP contribution >= 0.6 is 12.4 Å². The normalized spacial score (nSPS) is 34.2. The van der Waals surface area contributed by atoms with Crippen LogP contribution in [-0.2, 0) is 0 Å². The van der Waals surface area contributed by atoms with Gasteiger partial charge in [-0.3, -0.25) is 0 Å². The van der Waals surface area contributed by atoms with E-state index in [9.17, 15) is 4.39 Å². The number of hydrogen-bond acceptors (Lipinski definition) is 2. The Bertz CT molecular complexity index is 83.8. The molecule has 0 aromatic rings. The Hall–Kier alpha value is 0.140. The molecule has 2 nitrogen and oxygen atoms in total. The molecule has 1 aliphatic heterocycles. The molecule has 0 saturated carbocycles. The van der Waals surface area contributed by atoms with Gasteiger partial charge in [0.15, 0.2) is 0 Å². The molecule has 0 aromatic heterocycles. The third-order valence-corrected chi connectivity index (χ3v) is 1.55. The van der Waals surface area contributed by atoms with E-state index >= 15 is 0 Å². The van der Waals surface area contributed by atoms with Crippen LogP contribution in [0.1, 0.15) is 12.8 Å². The van der Waals surface area contributed by atoms with Crippen molar-refractivity contribution in [1.29, 1.82) is 0 Å². The second-order valence-corrected chi connectivity index (χ2v) is 2.48. The second-order valence-electron chi connectivity index (χ2n) is 2.48. The Morgan fingerprint density at radius 1 is 1.50 bits per heavy atom. The number of halogens is 2. The zero-order valence-electron chi connectivity index (χ0n) is 5.72. The summed E-state index contributed by atoms with van der Waals surface area (Å²) in [5.41, 5.74) is 0. The van der Waals surface area contributed by atoms with Gasteiger partial charge in [-0.05, 0) is 13.0 Å². The van der Waals surface area contributed by atoms with Gasteiger partial charge in [-0.15, -0.1) is 12.4 Å². The first-order valence-electron chi connectivity index (χ1n) is 3.32. The van der Waals surface area contributed by atoms with Crippen LogP contribution in [0.5, 0.6) is 0 Å². The Morgan fingerprint density at radius 2 is 2.20 bits per heavy atom. The monoisotopic (exact) mass is 169 g/mol. The van der Waals surface area contributed by atoms with E-state index < -0.39 is 12.3 Å². The van der Waals surface area contributed by atoms with Gasteiger partial charge in [0.2, 0.25) is 0 Å². The van der Waals surface area contributed by atoms with Crippen molar-refractivity contribution < 1.29 is 9.50 Å². The molecule has 62 valence electrons. The Balaban J connectivity index is 0.000000810. The van der Waals surface area contributed by atoms with Gasteiger partial charge >= 0.3 is 0 Å². The Morgan fingerprint density at radius 3 is 2.90 bits per heavy atom. The Labute approximate surface area is 66.2 Å². The summed E-state index contributed by atoms with van der Waals surface area (Å²) in [7, 11) is 0. The van der Waals surface area contributed by atoms with E-state index in [0.717, 1.165) is 6.54 Å². The lowest BCUT2D eigenvalue weighted by molar-refractivity contribution is 0.133. The smallest absolute Gasteiger partial charge is 0.115 e. The topological polar surface area (TPSA) is 32.3 Å². The molecule has 0 aliphatic carbocycles. The van der Waals surface area contributed by atoms with E-state index in [0.29, 0.717) is 19.4 Å². The molecule has 1 rings (SSSR count). The fraction of sp³-hybridized carbons (Fsp3) is 1.00. The van der Waals surface area contributed by atoms with E-state index in [2.05, 4.69) is 5.32 Å². The van der Waals surface area contributed by atoms with Crippen molar-refractivity contribution in [3.63, 3.8) is 0 Å². The van der Waals surface area contributed by atoms with E-state index in [1.165, 1.54) is 0 Å². The van der Waals surface area contributed by atoms with E-state index in [1.807, 2.05) is 0 Å². The van der Waals surface area contributed by atoms with Gasteiger partial charge < -0.3 is 10.4 Å². The summed E-state index contributed by atoms with van der Waals surface area (Å²) in [6.45, 7) is 1.14. The maximum Gasteiger partial charge on any atom is 0.115 e. The molecule has 0 bridgehead atoms. The van der Waals surface area contributed by atoms with E-state index in [-0.39, 0.29) is 12.4 Å². The molecule has 2 atom stereocenters. The highest BCUT2D eigenvalue weighted by Crippen LogP contribution is 2.07. The number of alkyl halides is 1. The van der Waals surface area contributed by atoms with Crippen molar-refractivity contribution in [3.8, 4) is 0 Å². The summed E-state index contributed by atoms with van der Waals surface area (Å²) < 4.78 is 12.5. The van der Waals surface area contributed by atoms with Crippen molar-refractivity contribution in [2.45, 2.75) is 25.1 Å². The van der Waals surface area contributed by atoms with Gasteiger partial charge in [-0.25, -0.2) is 4.39 Å². The van der Waals surface area contributed by atoms with Gasteiger partial charge in [0.25, 0.3) is 0 Å². The molecule has 1 heterocycles. The van der Waals surface area contributed by atoms with Crippen LogP contribution in [0.15, 0.2) is 0 Å². The number of hydrogen-bond donors (Lipinski definition) is 2. The van der Waals surface area contributed by atoms with Gasteiger partial charge in [-0.2, -0.15) is 0 Å². The van der Waals surface area contributed by atoms with Crippen LogP contribution in [0.3, 0.4) is 0 Å². The summed E-state index contributed by atoms with van der Waals surface area (Å²) in [5, 5.41) is 11.9. The molecule has 0 aromatic carbocycles. The molecule has 0 amide bonds. The fourth-order valence-corrected chi connectivity index (χ4v) is 1.02. The molecule has 4 heteroatoms. The predicted molar refractivity (Wildman–Crippen MR) is 40.3 cm³/mol. The second kappa shape index (κ2) is 4.88. The molecule has 1 saturated heterocycles. The van der Waals surface area contributed by atoms with Crippen LogP contribution in [-0.4, -0.2) is 30.5 Å². The lowest BCUT2D eigenvalue weighted by Crippen LogP contribution is -2.21. The summed E-state index contributed by atoms with van der Waals surface area (Å²) in [6, 6.07) is 0. The summed E-state index contributed by atoms with van der Waals surface area (Å²) in [6.07, 6.45) is -0.314. The minimum atomic E-state index is -0.859. The van der Waals surface area contributed by atoms with Crippen LogP contribution < -0.4 is 5.32 Å². The van der Waals surface area contributed by atoms with Crippen LogP contribution in [0, 0.1) is 0 Å². The number of nitrogens with one attached hydrogen (secondary N) is 1. The van der Waals surface area contributed by atoms with Crippen LogP contribution in [0.4, 0.5) is 4.39 Å². The third-order valence-electron chi connectivity index (χ3n) is 1.55. The molecular weight excluding hydrogens is 157 g/mol. The standard InChI is InChI=1S/C6H12FNO.ClH/c7-5-3-6(9)1-2-8-4-5;/h5-6,8-9H,1-4H2;1H. The highest BCUT2D eigenvalue weighted by molar-refractivity contribution is 5.85. The quantitative estimate of drug-likeness (QED) is 0.553. The number of rotatable bonds is 0. The minimum Gasteiger partial charge on any atom is -0.393 e. The lowest BCUT2D eigenvalue weighted by atomic mass is 10.1. The van der Waals surface area contributed by atoms with E-state index in [4.69, 9.17) is 5.11 Å². The number of aliphatic hydroxyl groups is 1. The summed E-state index contributed by atoms with van der Waals surface area (Å²) >= 11 is 0. The van der Waals surface area contributed by atoms with Gasteiger partial charge in [0.05, 0.1) is 6.10 Å². The molecule has 2 unspecified atom stereocenters. The van der Waals surface area contributed by atoms with E-state index in [1.54, 1.807) is 0 Å². The molecule has 1 aliphatic rings. The highest BCUT2D eigenvalue weighted by atomic mass is 35.5. The van der Waals surface area contributed by atoms with Gasteiger partial charge in [-0.1, -0.05) is 0 Å². The van der Waals surface area contributed by atoms with Gasteiger partial charge in [0.1, 0.15) is 6.17 Å². The zero-order chi connectivity index (χ0) is 6.69. The van der Waals surface area contributed by atoms with Crippen LogP contribution in [0.2, 0.25) is 0 Å².